The average Bonchev–Trinajstić information content (AvgIpc) is 2.38. The molecule has 1 aliphatic heterocycles. The van der Waals surface area contributed by atoms with E-state index in [1.165, 1.54) is 0 Å². The third kappa shape index (κ3) is 2.72. The molecule has 0 saturated carbocycles. The Morgan fingerprint density at radius 2 is 2.22 bits per heavy atom. The van der Waals surface area contributed by atoms with Crippen LogP contribution in [0.25, 0.3) is 0 Å². The van der Waals surface area contributed by atoms with Crippen molar-refractivity contribution in [3.05, 3.63) is 29.3 Å². The van der Waals surface area contributed by atoms with Crippen molar-refractivity contribution in [3.63, 3.8) is 0 Å². The molecule has 0 aromatic heterocycles. The minimum Gasteiger partial charge on any atom is -0.384 e. The number of piperidine rings is 1. The number of aliphatic hydroxyl groups is 1. The van der Waals surface area contributed by atoms with E-state index in [4.69, 9.17) is 5.11 Å². The maximum Gasteiger partial charge on any atom is 0.227 e. The molecule has 1 fully saturated rings. The first-order chi connectivity index (χ1) is 8.72. The van der Waals surface area contributed by atoms with Crippen LogP contribution >= 0.6 is 0 Å². The van der Waals surface area contributed by atoms with E-state index in [0.717, 1.165) is 36.2 Å². The Bertz CT molecular complexity index is 511. The number of anilines is 1. The van der Waals surface area contributed by atoms with Gasteiger partial charge in [0.25, 0.3) is 0 Å². The summed E-state index contributed by atoms with van der Waals surface area (Å²) in [7, 11) is 0. The third-order valence-corrected chi connectivity index (χ3v) is 3.07. The van der Waals surface area contributed by atoms with Gasteiger partial charge in [0.2, 0.25) is 5.91 Å². The van der Waals surface area contributed by atoms with Crippen molar-refractivity contribution >= 4 is 11.6 Å². The Morgan fingerprint density at radius 3 is 2.94 bits per heavy atom. The molecule has 1 amide bonds. The molecule has 0 bridgehead atoms. The predicted octanol–water partition coefficient (Wildman–Crippen LogP) is 1.86. The molecule has 0 radical (unpaired) electrons. The van der Waals surface area contributed by atoms with E-state index >= 15 is 0 Å². The van der Waals surface area contributed by atoms with Gasteiger partial charge in [-0.1, -0.05) is 17.9 Å². The van der Waals surface area contributed by atoms with Crippen LogP contribution in [-0.4, -0.2) is 24.2 Å². The first-order valence-electron chi connectivity index (χ1n) is 6.23. The minimum atomic E-state index is -0.165. The van der Waals surface area contributed by atoms with Gasteiger partial charge in [-0.25, -0.2) is 0 Å². The summed E-state index contributed by atoms with van der Waals surface area (Å²) in [5.74, 6) is 5.73. The molecule has 1 aromatic carbocycles. The number of carbonyl (C=O) groups excluding carboxylic acids is 1. The highest BCUT2D eigenvalue weighted by Crippen LogP contribution is 2.25. The normalized spacial score (nSPS) is 15.2. The highest BCUT2D eigenvalue weighted by atomic mass is 16.2. The molecular weight excluding hydrogens is 226 g/mol. The molecular formula is C15H17NO2. The van der Waals surface area contributed by atoms with Crippen molar-refractivity contribution in [2.45, 2.75) is 26.2 Å². The fourth-order valence-electron chi connectivity index (χ4n) is 2.17. The van der Waals surface area contributed by atoms with E-state index in [0.29, 0.717) is 6.42 Å². The average molecular weight is 243 g/mol. The third-order valence-electron chi connectivity index (χ3n) is 3.07. The van der Waals surface area contributed by atoms with Crippen molar-refractivity contribution < 1.29 is 9.90 Å². The van der Waals surface area contributed by atoms with Gasteiger partial charge in [0, 0.05) is 18.5 Å². The molecule has 18 heavy (non-hydrogen) atoms. The lowest BCUT2D eigenvalue weighted by atomic mass is 10.0. The Morgan fingerprint density at radius 1 is 1.39 bits per heavy atom. The summed E-state index contributed by atoms with van der Waals surface area (Å²) in [6.45, 7) is 2.60. The fourth-order valence-corrected chi connectivity index (χ4v) is 2.17. The van der Waals surface area contributed by atoms with E-state index < -0.39 is 0 Å². The topological polar surface area (TPSA) is 40.5 Å². The zero-order chi connectivity index (χ0) is 13.0. The second-order valence-corrected chi connectivity index (χ2v) is 4.48. The molecule has 1 aliphatic rings. The van der Waals surface area contributed by atoms with E-state index in [-0.39, 0.29) is 12.5 Å². The number of hydrogen-bond donors (Lipinski definition) is 1. The smallest absolute Gasteiger partial charge is 0.227 e. The lowest BCUT2D eigenvalue weighted by Crippen LogP contribution is -2.35. The Labute approximate surface area is 107 Å². The highest BCUT2D eigenvalue weighted by molar-refractivity contribution is 5.95. The number of carbonyl (C=O) groups is 1. The van der Waals surface area contributed by atoms with Crippen LogP contribution in [0, 0.1) is 18.8 Å². The maximum absolute atomic E-state index is 12.0. The Balaban J connectivity index is 2.40. The molecule has 2 rings (SSSR count). The molecule has 0 unspecified atom stereocenters. The van der Waals surface area contributed by atoms with Gasteiger partial charge in [-0.2, -0.15) is 0 Å². The van der Waals surface area contributed by atoms with Gasteiger partial charge in [0.15, 0.2) is 0 Å². The van der Waals surface area contributed by atoms with Crippen molar-refractivity contribution in [1.29, 1.82) is 0 Å². The molecule has 0 spiro atoms. The summed E-state index contributed by atoms with van der Waals surface area (Å²) in [6.07, 6.45) is 2.62. The summed E-state index contributed by atoms with van der Waals surface area (Å²) in [5.41, 5.74) is 2.79. The zero-order valence-electron chi connectivity index (χ0n) is 10.6. The molecule has 3 heteroatoms. The molecule has 0 atom stereocenters. The van der Waals surface area contributed by atoms with Crippen molar-refractivity contribution in [2.24, 2.45) is 0 Å². The monoisotopic (exact) mass is 243 g/mol. The predicted molar refractivity (Wildman–Crippen MR) is 71.3 cm³/mol. The van der Waals surface area contributed by atoms with Gasteiger partial charge in [-0.3, -0.25) is 4.79 Å². The summed E-state index contributed by atoms with van der Waals surface area (Å²) in [5, 5.41) is 8.78. The molecule has 1 aromatic rings. The summed E-state index contributed by atoms with van der Waals surface area (Å²) in [4.78, 5) is 13.8. The van der Waals surface area contributed by atoms with Crippen LogP contribution in [0.4, 0.5) is 5.69 Å². The zero-order valence-corrected chi connectivity index (χ0v) is 10.6. The number of benzene rings is 1. The quantitative estimate of drug-likeness (QED) is 0.765. The largest absolute Gasteiger partial charge is 0.384 e. The van der Waals surface area contributed by atoms with E-state index in [9.17, 15) is 4.79 Å². The molecule has 3 nitrogen and oxygen atoms in total. The number of aliphatic hydroxyl groups excluding tert-OH is 1. The van der Waals surface area contributed by atoms with Crippen molar-refractivity contribution in [2.75, 3.05) is 18.1 Å². The van der Waals surface area contributed by atoms with Crippen LogP contribution < -0.4 is 4.90 Å². The van der Waals surface area contributed by atoms with Crippen LogP contribution in [0.3, 0.4) is 0 Å². The first-order valence-corrected chi connectivity index (χ1v) is 6.23. The van der Waals surface area contributed by atoms with Gasteiger partial charge in [0.05, 0.1) is 5.69 Å². The number of nitrogens with zero attached hydrogens (tertiary/aromatic N) is 1. The Kier molecular flexibility index (Phi) is 4.01. The number of rotatable bonds is 1. The maximum atomic E-state index is 12.0. The summed E-state index contributed by atoms with van der Waals surface area (Å²) in [6, 6.07) is 5.87. The second kappa shape index (κ2) is 5.70. The summed E-state index contributed by atoms with van der Waals surface area (Å²) < 4.78 is 0. The number of amides is 1. The highest BCUT2D eigenvalue weighted by Gasteiger charge is 2.21. The van der Waals surface area contributed by atoms with Gasteiger partial charge in [-0.05, 0) is 37.5 Å². The molecule has 1 saturated heterocycles. The van der Waals surface area contributed by atoms with Crippen LogP contribution in [-0.2, 0) is 4.79 Å². The van der Waals surface area contributed by atoms with Crippen LogP contribution in [0.2, 0.25) is 0 Å². The standard InChI is InChI=1S/C15H17NO2/c1-12-7-8-13(5-4-10-17)14(11-12)16-9-3-2-6-15(16)18/h7-8,11,17H,2-3,6,9-10H2,1H3. The number of hydrogen-bond acceptors (Lipinski definition) is 2. The van der Waals surface area contributed by atoms with Gasteiger partial charge in [-0.15, -0.1) is 0 Å². The minimum absolute atomic E-state index is 0.165. The van der Waals surface area contributed by atoms with Crippen LogP contribution in [0.1, 0.15) is 30.4 Å². The van der Waals surface area contributed by atoms with Gasteiger partial charge >= 0.3 is 0 Å². The van der Waals surface area contributed by atoms with Crippen LogP contribution in [0.15, 0.2) is 18.2 Å². The molecule has 94 valence electrons. The fraction of sp³-hybridized carbons (Fsp3) is 0.400. The second-order valence-electron chi connectivity index (χ2n) is 4.48. The van der Waals surface area contributed by atoms with E-state index in [1.54, 1.807) is 0 Å². The van der Waals surface area contributed by atoms with E-state index in [1.807, 2.05) is 30.0 Å². The molecule has 1 N–H and O–H groups in total. The van der Waals surface area contributed by atoms with E-state index in [2.05, 4.69) is 11.8 Å². The molecule has 0 aliphatic carbocycles. The lowest BCUT2D eigenvalue weighted by molar-refractivity contribution is -0.119. The van der Waals surface area contributed by atoms with Gasteiger partial charge < -0.3 is 10.0 Å². The Hall–Kier alpha value is -1.79. The van der Waals surface area contributed by atoms with Crippen molar-refractivity contribution in [3.8, 4) is 11.8 Å². The van der Waals surface area contributed by atoms with Crippen molar-refractivity contribution in [1.82, 2.24) is 0 Å². The first kappa shape index (κ1) is 12.7. The SMILES string of the molecule is Cc1ccc(C#CCO)c(N2CCCCC2=O)c1. The molecule has 1 heterocycles. The van der Waals surface area contributed by atoms with Gasteiger partial charge in [0.1, 0.15) is 6.61 Å². The van der Waals surface area contributed by atoms with Crippen LogP contribution in [0.5, 0.6) is 0 Å². The lowest BCUT2D eigenvalue weighted by Gasteiger charge is -2.28. The summed E-state index contributed by atoms with van der Waals surface area (Å²) >= 11 is 0. The number of aryl methyl sites for hydroxylation is 1.